The van der Waals surface area contributed by atoms with Crippen molar-refractivity contribution in [2.75, 3.05) is 51.8 Å². The Morgan fingerprint density at radius 3 is 2.84 bits per heavy atom. The van der Waals surface area contributed by atoms with Crippen LogP contribution in [0.1, 0.15) is 12.0 Å². The van der Waals surface area contributed by atoms with Crippen LogP contribution in [0, 0.1) is 5.92 Å². The monoisotopic (exact) mass is 456 g/mol. The number of nitrogens with one attached hydrogen (secondary N) is 1. The van der Waals surface area contributed by atoms with Gasteiger partial charge >= 0.3 is 0 Å². The van der Waals surface area contributed by atoms with Gasteiger partial charge in [0.2, 0.25) is 0 Å². The third-order valence-electron chi connectivity index (χ3n) is 4.67. The van der Waals surface area contributed by atoms with E-state index < -0.39 is 0 Å². The van der Waals surface area contributed by atoms with Gasteiger partial charge < -0.3 is 19.9 Å². The highest BCUT2D eigenvalue weighted by atomic mass is 127. The molecule has 2 heterocycles. The number of benzene rings is 1. The summed E-state index contributed by atoms with van der Waals surface area (Å²) in [6.07, 6.45) is 5.58. The lowest BCUT2D eigenvalue weighted by Gasteiger charge is -2.25. The van der Waals surface area contributed by atoms with Crippen molar-refractivity contribution in [1.29, 1.82) is 0 Å². The maximum atomic E-state index is 5.47. The van der Waals surface area contributed by atoms with Crippen molar-refractivity contribution < 1.29 is 4.74 Å². The van der Waals surface area contributed by atoms with Gasteiger partial charge in [0.05, 0.1) is 6.61 Å². The fraction of sp³-hybridized carbons (Fsp3) is 0.526. The molecular formula is C19H29IN4O. The summed E-state index contributed by atoms with van der Waals surface area (Å²) < 4.78 is 5.47. The molecule has 2 aliphatic rings. The highest BCUT2D eigenvalue weighted by Gasteiger charge is 2.19. The fourth-order valence-corrected chi connectivity index (χ4v) is 3.32. The maximum absolute atomic E-state index is 5.47. The van der Waals surface area contributed by atoms with Crippen molar-refractivity contribution in [1.82, 2.24) is 10.2 Å². The highest BCUT2D eigenvalue weighted by Crippen LogP contribution is 2.18. The predicted molar refractivity (Wildman–Crippen MR) is 115 cm³/mol. The van der Waals surface area contributed by atoms with Crippen LogP contribution >= 0.6 is 24.0 Å². The lowest BCUT2D eigenvalue weighted by Crippen LogP contribution is -2.41. The molecule has 6 heteroatoms. The molecule has 1 aromatic rings. The number of aliphatic imine (C=N–C) groups is 1. The van der Waals surface area contributed by atoms with E-state index in [9.17, 15) is 0 Å². The number of guanidine groups is 1. The van der Waals surface area contributed by atoms with Crippen LogP contribution in [-0.2, 0) is 11.3 Å². The van der Waals surface area contributed by atoms with E-state index >= 15 is 0 Å². The zero-order chi connectivity index (χ0) is 16.8. The van der Waals surface area contributed by atoms with E-state index in [0.717, 1.165) is 51.8 Å². The van der Waals surface area contributed by atoms with Crippen molar-refractivity contribution in [3.63, 3.8) is 0 Å². The summed E-state index contributed by atoms with van der Waals surface area (Å²) in [7, 11) is 3.94. The van der Waals surface area contributed by atoms with E-state index in [1.807, 2.05) is 7.05 Å². The molecule has 1 unspecified atom stereocenters. The second-order valence-corrected chi connectivity index (χ2v) is 6.56. The third-order valence-corrected chi connectivity index (χ3v) is 4.67. The Kier molecular flexibility index (Phi) is 8.02. The molecule has 0 amide bonds. The van der Waals surface area contributed by atoms with Gasteiger partial charge in [-0.3, -0.25) is 4.99 Å². The molecule has 138 valence electrons. The molecule has 0 aliphatic carbocycles. The first-order valence-electron chi connectivity index (χ1n) is 8.74. The average molecular weight is 456 g/mol. The molecule has 1 atom stereocenters. The molecule has 1 fully saturated rings. The van der Waals surface area contributed by atoms with Crippen LogP contribution in [0.4, 0.5) is 5.69 Å². The summed E-state index contributed by atoms with van der Waals surface area (Å²) in [4.78, 5) is 8.98. The second kappa shape index (κ2) is 10.0. The standard InChI is InChI=1S/C19H28N4O.HI/c1-20-19(22(2)14-17-8-11-24-15-17)21-13-16-6-5-7-18(12-16)23-9-3-4-10-23;/h3-7,12,17H,8-11,13-15H2,1-2H3,(H,20,21);1H. The number of ether oxygens (including phenoxy) is 1. The van der Waals surface area contributed by atoms with Crippen LogP contribution in [0.2, 0.25) is 0 Å². The van der Waals surface area contributed by atoms with Crippen LogP contribution < -0.4 is 10.2 Å². The van der Waals surface area contributed by atoms with Crippen LogP contribution in [0.25, 0.3) is 0 Å². The smallest absolute Gasteiger partial charge is 0.193 e. The summed E-state index contributed by atoms with van der Waals surface area (Å²) in [6, 6.07) is 8.74. The Hall–Kier alpha value is -1.28. The highest BCUT2D eigenvalue weighted by molar-refractivity contribution is 14.0. The quantitative estimate of drug-likeness (QED) is 0.320. The van der Waals surface area contributed by atoms with Gasteiger partial charge in [-0.2, -0.15) is 0 Å². The molecule has 1 saturated heterocycles. The fourth-order valence-electron chi connectivity index (χ4n) is 3.32. The van der Waals surface area contributed by atoms with Crippen LogP contribution in [-0.4, -0.2) is 57.8 Å². The summed E-state index contributed by atoms with van der Waals surface area (Å²) >= 11 is 0. The van der Waals surface area contributed by atoms with E-state index in [4.69, 9.17) is 4.74 Å². The molecule has 2 aliphatic heterocycles. The van der Waals surface area contributed by atoms with Crippen LogP contribution in [0.3, 0.4) is 0 Å². The van der Waals surface area contributed by atoms with Crippen molar-refractivity contribution >= 4 is 35.6 Å². The Labute approximate surface area is 168 Å². The summed E-state index contributed by atoms with van der Waals surface area (Å²) in [5.74, 6) is 1.55. The second-order valence-electron chi connectivity index (χ2n) is 6.56. The largest absolute Gasteiger partial charge is 0.381 e. The number of hydrogen-bond acceptors (Lipinski definition) is 3. The van der Waals surface area contributed by atoms with Gasteiger partial charge in [-0.05, 0) is 24.1 Å². The van der Waals surface area contributed by atoms with Crippen molar-refractivity contribution in [2.24, 2.45) is 10.9 Å². The Morgan fingerprint density at radius 1 is 1.36 bits per heavy atom. The van der Waals surface area contributed by atoms with Gasteiger partial charge in [-0.25, -0.2) is 0 Å². The zero-order valence-corrected chi connectivity index (χ0v) is 17.5. The molecule has 0 radical (unpaired) electrons. The van der Waals surface area contributed by atoms with Gasteiger partial charge in [0.1, 0.15) is 0 Å². The van der Waals surface area contributed by atoms with Gasteiger partial charge in [0.15, 0.2) is 5.96 Å². The summed E-state index contributed by atoms with van der Waals surface area (Å²) in [5.41, 5.74) is 2.56. The Bertz CT molecular complexity index is 591. The topological polar surface area (TPSA) is 40.1 Å². The Balaban J connectivity index is 0.00000225. The van der Waals surface area contributed by atoms with Crippen LogP contribution in [0.15, 0.2) is 41.4 Å². The van der Waals surface area contributed by atoms with Gasteiger partial charge in [-0.1, -0.05) is 24.3 Å². The minimum atomic E-state index is 0. The molecule has 5 nitrogen and oxygen atoms in total. The molecule has 0 saturated carbocycles. The van der Waals surface area contributed by atoms with Crippen molar-refractivity contribution in [3.05, 3.63) is 42.0 Å². The normalized spacial score (nSPS) is 19.8. The third kappa shape index (κ3) is 5.60. The lowest BCUT2D eigenvalue weighted by molar-refractivity contribution is 0.181. The molecule has 25 heavy (non-hydrogen) atoms. The predicted octanol–water partition coefficient (Wildman–Crippen LogP) is 2.72. The average Bonchev–Trinajstić information content (AvgIpc) is 3.29. The van der Waals surface area contributed by atoms with Gasteiger partial charge in [-0.15, -0.1) is 24.0 Å². The van der Waals surface area contributed by atoms with Crippen molar-refractivity contribution in [3.8, 4) is 0 Å². The number of halogens is 1. The molecule has 1 N–H and O–H groups in total. The number of rotatable bonds is 5. The molecular weight excluding hydrogens is 427 g/mol. The molecule has 3 rings (SSSR count). The molecule has 0 spiro atoms. The van der Waals surface area contributed by atoms with E-state index in [1.54, 1.807) is 0 Å². The van der Waals surface area contributed by atoms with E-state index in [1.165, 1.54) is 11.3 Å². The van der Waals surface area contributed by atoms with Crippen molar-refractivity contribution in [2.45, 2.75) is 13.0 Å². The van der Waals surface area contributed by atoms with Gasteiger partial charge in [0, 0.05) is 58.5 Å². The van der Waals surface area contributed by atoms with E-state index in [-0.39, 0.29) is 24.0 Å². The number of hydrogen-bond donors (Lipinski definition) is 1. The zero-order valence-electron chi connectivity index (χ0n) is 15.1. The molecule has 0 aromatic heterocycles. The first kappa shape index (κ1) is 20.0. The van der Waals surface area contributed by atoms with E-state index in [0.29, 0.717) is 5.92 Å². The maximum Gasteiger partial charge on any atom is 0.193 e. The Morgan fingerprint density at radius 2 is 2.16 bits per heavy atom. The minimum absolute atomic E-state index is 0. The lowest BCUT2D eigenvalue weighted by atomic mass is 10.1. The molecule has 0 bridgehead atoms. The first-order chi connectivity index (χ1) is 11.8. The molecule has 1 aromatic carbocycles. The van der Waals surface area contributed by atoms with Crippen LogP contribution in [0.5, 0.6) is 0 Å². The number of anilines is 1. The van der Waals surface area contributed by atoms with E-state index in [2.05, 4.69) is 63.6 Å². The number of nitrogens with zero attached hydrogens (tertiary/aromatic N) is 3. The summed E-state index contributed by atoms with van der Waals surface area (Å²) in [5, 5.41) is 3.48. The minimum Gasteiger partial charge on any atom is -0.381 e. The first-order valence-corrected chi connectivity index (χ1v) is 8.74. The SMILES string of the molecule is CN=C(NCc1cccc(N2CC=CC2)c1)N(C)CC1CCOC1.I. The summed E-state index contributed by atoms with van der Waals surface area (Å²) in [6.45, 7) is 5.54. The van der Waals surface area contributed by atoms with Gasteiger partial charge in [0.25, 0.3) is 0 Å².